The van der Waals surface area contributed by atoms with Crippen LogP contribution >= 0.6 is 0 Å². The Morgan fingerprint density at radius 2 is 1.50 bits per heavy atom. The molecular formula is C18H26. The van der Waals surface area contributed by atoms with Crippen molar-refractivity contribution in [3.8, 4) is 0 Å². The van der Waals surface area contributed by atoms with Crippen LogP contribution in [0.4, 0.5) is 0 Å². The van der Waals surface area contributed by atoms with Crippen molar-refractivity contribution >= 4 is 0 Å². The van der Waals surface area contributed by atoms with E-state index in [4.69, 9.17) is 0 Å². The van der Waals surface area contributed by atoms with Crippen molar-refractivity contribution in [2.24, 2.45) is 0 Å². The largest absolute Gasteiger partial charge is 0.0958 e. The molecule has 0 nitrogen and oxygen atoms in total. The third-order valence-corrected chi connectivity index (χ3v) is 2.97. The topological polar surface area (TPSA) is 0 Å². The van der Waals surface area contributed by atoms with Gasteiger partial charge in [-0.15, -0.1) is 0 Å². The summed E-state index contributed by atoms with van der Waals surface area (Å²) in [7, 11) is 0. The van der Waals surface area contributed by atoms with Gasteiger partial charge in [0.05, 0.1) is 0 Å². The first-order valence-corrected chi connectivity index (χ1v) is 6.41. The molecule has 0 aromatic heterocycles. The summed E-state index contributed by atoms with van der Waals surface area (Å²) in [5, 5.41) is 0. The van der Waals surface area contributed by atoms with Gasteiger partial charge in [0.2, 0.25) is 0 Å². The highest BCUT2D eigenvalue weighted by atomic mass is 14.0. The second kappa shape index (κ2) is 8.52. The quantitative estimate of drug-likeness (QED) is 0.525. The minimum atomic E-state index is 1.12. The van der Waals surface area contributed by atoms with Crippen LogP contribution in [-0.4, -0.2) is 0 Å². The molecule has 0 unspecified atom stereocenters. The molecule has 0 fully saturated rings. The lowest BCUT2D eigenvalue weighted by molar-refractivity contribution is 1.28. The first-order chi connectivity index (χ1) is 8.42. The fourth-order valence-electron chi connectivity index (χ4n) is 1.37. The van der Waals surface area contributed by atoms with Crippen LogP contribution in [0.3, 0.4) is 0 Å². The summed E-state index contributed by atoms with van der Waals surface area (Å²) in [6.45, 7) is 16.4. The fraction of sp³-hybridized carbons (Fsp3) is 0.333. The van der Waals surface area contributed by atoms with Crippen LogP contribution in [0.1, 0.15) is 41.5 Å². The van der Waals surface area contributed by atoms with Crippen molar-refractivity contribution in [3.05, 3.63) is 70.9 Å². The van der Waals surface area contributed by atoms with Crippen LogP contribution in [0, 0.1) is 0 Å². The van der Waals surface area contributed by atoms with Gasteiger partial charge in [-0.1, -0.05) is 54.2 Å². The first kappa shape index (κ1) is 16.4. The van der Waals surface area contributed by atoms with Crippen molar-refractivity contribution in [1.29, 1.82) is 0 Å². The van der Waals surface area contributed by atoms with Gasteiger partial charge in [-0.05, 0) is 58.3 Å². The maximum atomic E-state index is 3.97. The highest BCUT2D eigenvalue weighted by Crippen LogP contribution is 2.14. The summed E-state index contributed by atoms with van der Waals surface area (Å²) in [6, 6.07) is 0. The normalized spacial score (nSPS) is 15.4. The van der Waals surface area contributed by atoms with Gasteiger partial charge in [0, 0.05) is 0 Å². The van der Waals surface area contributed by atoms with Crippen LogP contribution in [0.2, 0.25) is 0 Å². The van der Waals surface area contributed by atoms with Gasteiger partial charge in [-0.2, -0.15) is 0 Å². The second-order valence-electron chi connectivity index (χ2n) is 4.60. The monoisotopic (exact) mass is 242 g/mol. The number of hydrogen-bond donors (Lipinski definition) is 0. The van der Waals surface area contributed by atoms with Crippen LogP contribution in [0.5, 0.6) is 0 Å². The summed E-state index contributed by atoms with van der Waals surface area (Å²) in [4.78, 5) is 0. The molecular weight excluding hydrogens is 216 g/mol. The molecule has 18 heavy (non-hydrogen) atoms. The van der Waals surface area contributed by atoms with Gasteiger partial charge in [0.25, 0.3) is 0 Å². The molecule has 0 aromatic carbocycles. The van der Waals surface area contributed by atoms with E-state index in [1.807, 2.05) is 13.8 Å². The molecule has 0 saturated carbocycles. The molecule has 0 spiro atoms. The average Bonchev–Trinajstić information content (AvgIpc) is 2.34. The lowest BCUT2D eigenvalue weighted by Crippen LogP contribution is -1.82. The highest BCUT2D eigenvalue weighted by Gasteiger charge is 1.94. The SMILES string of the molecule is C=C(C)\C(C)=C(C)/C=C/C(/C=C/C)=C/C(C)=C/C. The third-order valence-electron chi connectivity index (χ3n) is 2.97. The van der Waals surface area contributed by atoms with E-state index < -0.39 is 0 Å². The van der Waals surface area contributed by atoms with Gasteiger partial charge >= 0.3 is 0 Å². The molecule has 0 amide bonds. The Kier molecular flexibility index (Phi) is 7.78. The molecule has 0 radical (unpaired) electrons. The molecule has 0 aliphatic carbocycles. The Morgan fingerprint density at radius 3 is 1.94 bits per heavy atom. The van der Waals surface area contributed by atoms with Crippen LogP contribution < -0.4 is 0 Å². The molecule has 0 N–H and O–H groups in total. The third kappa shape index (κ3) is 6.24. The fourth-order valence-corrected chi connectivity index (χ4v) is 1.37. The van der Waals surface area contributed by atoms with Gasteiger partial charge in [0.15, 0.2) is 0 Å². The predicted octanol–water partition coefficient (Wildman–Crippen LogP) is 5.92. The molecule has 98 valence electrons. The van der Waals surface area contributed by atoms with Crippen molar-refractivity contribution in [2.75, 3.05) is 0 Å². The molecule has 0 heteroatoms. The Hall–Kier alpha value is -1.56. The first-order valence-electron chi connectivity index (χ1n) is 6.41. The maximum absolute atomic E-state index is 3.97. The van der Waals surface area contributed by atoms with Gasteiger partial charge < -0.3 is 0 Å². The van der Waals surface area contributed by atoms with Crippen LogP contribution in [0.25, 0.3) is 0 Å². The molecule has 0 aliphatic rings. The average molecular weight is 242 g/mol. The van der Waals surface area contributed by atoms with E-state index >= 15 is 0 Å². The standard InChI is InChI=1S/C18H26/c1-8-10-18(13-15(5)9-2)12-11-16(6)17(7)14(3)4/h8-13H,3H2,1-2,4-7H3/b10-8+,12-11+,15-9+,17-16-,18-13+. The Balaban J connectivity index is 5.20. The van der Waals surface area contributed by atoms with Crippen molar-refractivity contribution in [3.63, 3.8) is 0 Å². The molecule has 0 aliphatic heterocycles. The molecule has 0 heterocycles. The van der Waals surface area contributed by atoms with E-state index in [1.165, 1.54) is 22.3 Å². The summed E-state index contributed by atoms with van der Waals surface area (Å²) < 4.78 is 0. The molecule has 0 aromatic rings. The van der Waals surface area contributed by atoms with Crippen molar-refractivity contribution in [2.45, 2.75) is 41.5 Å². The minimum absolute atomic E-state index is 1.12. The summed E-state index contributed by atoms with van der Waals surface area (Å²) in [5.74, 6) is 0. The molecule has 0 saturated heterocycles. The van der Waals surface area contributed by atoms with E-state index in [2.05, 4.69) is 70.7 Å². The molecule has 0 rings (SSSR count). The van der Waals surface area contributed by atoms with E-state index in [0.717, 1.165) is 5.57 Å². The van der Waals surface area contributed by atoms with Crippen molar-refractivity contribution in [1.82, 2.24) is 0 Å². The van der Waals surface area contributed by atoms with E-state index in [1.54, 1.807) is 0 Å². The predicted molar refractivity (Wildman–Crippen MR) is 84.7 cm³/mol. The number of rotatable bonds is 5. The highest BCUT2D eigenvalue weighted by molar-refractivity contribution is 5.42. The van der Waals surface area contributed by atoms with Crippen molar-refractivity contribution < 1.29 is 0 Å². The smallest absolute Gasteiger partial charge is 0.0257 e. The summed E-state index contributed by atoms with van der Waals surface area (Å²) in [5.41, 5.74) is 6.12. The lowest BCUT2D eigenvalue weighted by atomic mass is 10.0. The Bertz CT molecular complexity index is 435. The van der Waals surface area contributed by atoms with Crippen LogP contribution in [0.15, 0.2) is 70.9 Å². The second-order valence-corrected chi connectivity index (χ2v) is 4.60. The van der Waals surface area contributed by atoms with Gasteiger partial charge in [-0.3, -0.25) is 0 Å². The maximum Gasteiger partial charge on any atom is -0.0257 e. The van der Waals surface area contributed by atoms with Gasteiger partial charge in [0.1, 0.15) is 0 Å². The molecule has 0 bridgehead atoms. The number of allylic oxidation sites excluding steroid dienone is 11. The van der Waals surface area contributed by atoms with E-state index in [9.17, 15) is 0 Å². The minimum Gasteiger partial charge on any atom is -0.0958 e. The summed E-state index contributed by atoms with van der Waals surface area (Å²) >= 11 is 0. The zero-order valence-corrected chi connectivity index (χ0v) is 12.7. The van der Waals surface area contributed by atoms with E-state index in [0.29, 0.717) is 0 Å². The number of hydrogen-bond acceptors (Lipinski definition) is 0. The Labute approximate surface area is 113 Å². The summed E-state index contributed by atoms with van der Waals surface area (Å²) in [6.07, 6.45) is 12.8. The zero-order chi connectivity index (χ0) is 14.1. The molecule has 0 atom stereocenters. The zero-order valence-electron chi connectivity index (χ0n) is 12.7. The van der Waals surface area contributed by atoms with E-state index in [-0.39, 0.29) is 0 Å². The van der Waals surface area contributed by atoms with Crippen LogP contribution in [-0.2, 0) is 0 Å². The Morgan fingerprint density at radius 1 is 0.889 bits per heavy atom. The lowest BCUT2D eigenvalue weighted by Gasteiger charge is -2.03. The van der Waals surface area contributed by atoms with Gasteiger partial charge in [-0.25, -0.2) is 0 Å².